The first-order valence-electron chi connectivity index (χ1n) is 15.3. The molecule has 4 aromatic rings. The Hall–Kier alpha value is -4.98. The second kappa shape index (κ2) is 11.6. The Bertz CT molecular complexity index is 1710. The van der Waals surface area contributed by atoms with Gasteiger partial charge < -0.3 is 15.8 Å². The van der Waals surface area contributed by atoms with E-state index in [-0.39, 0.29) is 30.2 Å². The van der Waals surface area contributed by atoms with E-state index in [0.717, 1.165) is 47.3 Å². The molecule has 3 N–H and O–H groups in total. The minimum atomic E-state index is -0.693. The van der Waals surface area contributed by atoms with E-state index < -0.39 is 11.6 Å². The van der Waals surface area contributed by atoms with E-state index in [1.165, 1.54) is 0 Å². The lowest BCUT2D eigenvalue weighted by molar-refractivity contribution is -0.131. The molecule has 1 aromatic heterocycles. The number of hydrogen-bond donors (Lipinski definition) is 2. The van der Waals surface area contributed by atoms with Crippen LogP contribution in [0.25, 0.3) is 0 Å². The van der Waals surface area contributed by atoms with E-state index in [4.69, 9.17) is 15.5 Å². The summed E-state index contributed by atoms with van der Waals surface area (Å²) in [6.45, 7) is 0.534. The quantitative estimate of drug-likeness (QED) is 0.277. The summed E-state index contributed by atoms with van der Waals surface area (Å²) < 4.78 is 5.78. The maximum atomic E-state index is 14.2. The van der Waals surface area contributed by atoms with Crippen molar-refractivity contribution in [1.82, 2.24) is 15.2 Å². The smallest absolute Gasteiger partial charge is 0.251 e. The van der Waals surface area contributed by atoms with Gasteiger partial charge in [0.25, 0.3) is 5.91 Å². The molecule has 3 atom stereocenters. The van der Waals surface area contributed by atoms with Crippen LogP contribution in [0.1, 0.15) is 76.8 Å². The number of hydrogen-bond acceptors (Lipinski definition) is 6. The maximum absolute atomic E-state index is 14.2. The summed E-state index contributed by atoms with van der Waals surface area (Å²) in [7, 11) is 0. The number of benzene rings is 3. The molecule has 2 aliphatic heterocycles. The number of aliphatic imine (C=N–C) groups is 1. The number of para-hydroxylation sites is 1. The third-order valence-electron chi connectivity index (χ3n) is 8.91. The molecule has 3 heterocycles. The van der Waals surface area contributed by atoms with Crippen molar-refractivity contribution in [3.63, 3.8) is 0 Å². The molecule has 44 heavy (non-hydrogen) atoms. The van der Waals surface area contributed by atoms with Crippen LogP contribution in [0.2, 0.25) is 0 Å². The third kappa shape index (κ3) is 5.43. The number of nitrogens with two attached hydrogens (primary N) is 1. The number of amides is 2. The van der Waals surface area contributed by atoms with E-state index in [0.29, 0.717) is 24.5 Å². The van der Waals surface area contributed by atoms with Gasteiger partial charge in [-0.1, -0.05) is 79.6 Å². The topological polar surface area (TPSA) is 110 Å². The van der Waals surface area contributed by atoms with Gasteiger partial charge in [-0.25, -0.2) is 4.99 Å². The second-order valence-electron chi connectivity index (χ2n) is 12.0. The van der Waals surface area contributed by atoms with Gasteiger partial charge in [-0.15, -0.1) is 0 Å². The molecule has 222 valence electrons. The molecule has 8 nitrogen and oxygen atoms in total. The van der Waals surface area contributed by atoms with Crippen molar-refractivity contribution in [3.05, 3.63) is 131 Å². The lowest BCUT2D eigenvalue weighted by Crippen LogP contribution is -2.52. The third-order valence-corrected chi connectivity index (χ3v) is 8.91. The molecule has 1 unspecified atom stereocenters. The number of nitrogens with one attached hydrogen (secondary N) is 1. The van der Waals surface area contributed by atoms with Gasteiger partial charge in [0.2, 0.25) is 5.91 Å². The Kier molecular flexibility index (Phi) is 7.34. The van der Waals surface area contributed by atoms with Crippen LogP contribution >= 0.6 is 0 Å². The summed E-state index contributed by atoms with van der Waals surface area (Å²) in [5, 5.41) is 3.19. The molecular formula is C36H35N5O3. The van der Waals surface area contributed by atoms with Gasteiger partial charge in [0.15, 0.2) is 5.96 Å². The van der Waals surface area contributed by atoms with E-state index in [2.05, 4.69) is 10.3 Å². The van der Waals surface area contributed by atoms with Crippen molar-refractivity contribution in [1.29, 1.82) is 0 Å². The number of fused-ring (bicyclic) bond motifs is 1. The highest BCUT2D eigenvalue weighted by Crippen LogP contribution is 2.47. The molecule has 3 aromatic carbocycles. The van der Waals surface area contributed by atoms with Crippen LogP contribution in [-0.4, -0.2) is 34.3 Å². The number of carbonyl (C=O) groups excluding carboxylic acids is 2. The highest BCUT2D eigenvalue weighted by atomic mass is 16.5. The van der Waals surface area contributed by atoms with Gasteiger partial charge in [-0.3, -0.25) is 19.5 Å². The molecule has 0 bridgehead atoms. The fraction of sp³-hybridized carbons (Fsp3) is 0.278. The monoisotopic (exact) mass is 585 g/mol. The molecule has 0 radical (unpaired) electrons. The summed E-state index contributed by atoms with van der Waals surface area (Å²) in [6, 6.07) is 28.2. The van der Waals surface area contributed by atoms with Crippen LogP contribution in [0.5, 0.6) is 5.75 Å². The first kappa shape index (κ1) is 27.8. The summed E-state index contributed by atoms with van der Waals surface area (Å²) in [5.74, 6) is 1.20. The van der Waals surface area contributed by atoms with E-state index in [1.807, 2.05) is 84.9 Å². The Morgan fingerprint density at radius 1 is 0.977 bits per heavy atom. The predicted molar refractivity (Wildman–Crippen MR) is 168 cm³/mol. The lowest BCUT2D eigenvalue weighted by Gasteiger charge is -2.41. The first-order chi connectivity index (χ1) is 21.5. The molecule has 7 rings (SSSR count). The predicted octanol–water partition coefficient (Wildman–Crippen LogP) is 5.67. The second-order valence-corrected chi connectivity index (χ2v) is 12.0. The fourth-order valence-corrected chi connectivity index (χ4v) is 6.61. The zero-order chi connectivity index (χ0) is 30.1. The molecule has 8 heteroatoms. The van der Waals surface area contributed by atoms with Crippen molar-refractivity contribution in [2.45, 2.75) is 49.7 Å². The highest BCUT2D eigenvalue weighted by molar-refractivity contribution is 6.00. The number of pyridine rings is 1. The van der Waals surface area contributed by atoms with Gasteiger partial charge in [0, 0.05) is 29.9 Å². The SMILES string of the molecule is NC1=N[C@@](CC2CC2)(c2ccccc2)CC(=O)N1C(c1cccnc1)c1cccc(C(=O)N[C@H]2CCOc3ccccc32)c1. The molecule has 0 spiro atoms. The number of aromatic nitrogens is 1. The van der Waals surface area contributed by atoms with Crippen molar-refractivity contribution < 1.29 is 14.3 Å². The minimum absolute atomic E-state index is 0.107. The number of carbonyl (C=O) groups is 2. The van der Waals surface area contributed by atoms with Crippen LogP contribution in [0, 0.1) is 5.92 Å². The van der Waals surface area contributed by atoms with Crippen LogP contribution < -0.4 is 15.8 Å². The molecule has 2 amide bonds. The Labute approximate surface area is 257 Å². The lowest BCUT2D eigenvalue weighted by atomic mass is 9.80. The molecule has 3 aliphatic rings. The number of rotatable bonds is 8. The van der Waals surface area contributed by atoms with Crippen molar-refractivity contribution >= 4 is 17.8 Å². The molecular weight excluding hydrogens is 550 g/mol. The summed E-state index contributed by atoms with van der Waals surface area (Å²) in [5.41, 5.74) is 10.1. The van der Waals surface area contributed by atoms with E-state index in [1.54, 1.807) is 23.4 Å². The van der Waals surface area contributed by atoms with Gasteiger partial charge in [-0.2, -0.15) is 0 Å². The fourth-order valence-electron chi connectivity index (χ4n) is 6.61. The van der Waals surface area contributed by atoms with Crippen molar-refractivity contribution in [2.75, 3.05) is 6.61 Å². The molecule has 0 saturated heterocycles. The Balaban J connectivity index is 1.24. The molecule has 1 fully saturated rings. The van der Waals surface area contributed by atoms with Crippen LogP contribution in [0.15, 0.2) is 108 Å². The van der Waals surface area contributed by atoms with Crippen LogP contribution in [-0.2, 0) is 10.3 Å². The summed E-state index contributed by atoms with van der Waals surface area (Å²) in [4.78, 5) is 38.9. The Morgan fingerprint density at radius 3 is 2.55 bits per heavy atom. The highest BCUT2D eigenvalue weighted by Gasteiger charge is 2.46. The van der Waals surface area contributed by atoms with Gasteiger partial charge in [0.05, 0.1) is 30.7 Å². The number of ether oxygens (including phenoxy) is 1. The Morgan fingerprint density at radius 2 is 1.77 bits per heavy atom. The minimum Gasteiger partial charge on any atom is -0.493 e. The zero-order valence-corrected chi connectivity index (χ0v) is 24.4. The van der Waals surface area contributed by atoms with Crippen LogP contribution in [0.3, 0.4) is 0 Å². The average Bonchev–Trinajstić information content (AvgIpc) is 3.87. The normalized spacial score (nSPS) is 21.9. The van der Waals surface area contributed by atoms with Crippen LogP contribution in [0.4, 0.5) is 0 Å². The van der Waals surface area contributed by atoms with Gasteiger partial charge in [-0.05, 0) is 53.3 Å². The van der Waals surface area contributed by atoms with Gasteiger partial charge in [0.1, 0.15) is 5.75 Å². The average molecular weight is 586 g/mol. The molecule has 1 aliphatic carbocycles. The van der Waals surface area contributed by atoms with E-state index >= 15 is 0 Å². The standard InChI is InChI=1S/C36H35N5O3/c37-35-40-36(21-24-15-16-24,28-11-2-1-3-12-28)22-32(42)41(35)33(27-10-7-18-38-23-27)25-8-6-9-26(20-25)34(43)39-30-17-19-44-31-14-5-4-13-29(30)31/h1-14,18,20,23-24,30,33H,15-17,19,21-22H2,(H2,37,40)(H,39,43)/t30-,33?,36+/m0/s1. The zero-order valence-electron chi connectivity index (χ0n) is 24.4. The van der Waals surface area contributed by atoms with Crippen molar-refractivity contribution in [2.24, 2.45) is 16.6 Å². The van der Waals surface area contributed by atoms with Crippen molar-refractivity contribution in [3.8, 4) is 5.75 Å². The first-order valence-corrected chi connectivity index (χ1v) is 15.3. The van der Waals surface area contributed by atoms with Gasteiger partial charge >= 0.3 is 0 Å². The number of nitrogens with zero attached hydrogens (tertiary/aromatic N) is 3. The largest absolute Gasteiger partial charge is 0.493 e. The maximum Gasteiger partial charge on any atom is 0.251 e. The summed E-state index contributed by atoms with van der Waals surface area (Å²) in [6.07, 6.45) is 7.42. The molecule has 1 saturated carbocycles. The van der Waals surface area contributed by atoms with E-state index in [9.17, 15) is 9.59 Å². The number of guanidine groups is 1. The summed E-state index contributed by atoms with van der Waals surface area (Å²) >= 11 is 0.